The van der Waals surface area contributed by atoms with E-state index < -0.39 is 28.2 Å². The molecular formula is C9H13N2NaO6S2. The van der Waals surface area contributed by atoms with Crippen LogP contribution in [0.2, 0.25) is 0 Å². The molecule has 1 atom stereocenters. The van der Waals surface area contributed by atoms with E-state index in [1.165, 1.54) is 11.8 Å². The van der Waals surface area contributed by atoms with Crippen LogP contribution in [0.1, 0.15) is 7.85 Å². The van der Waals surface area contributed by atoms with Crippen molar-refractivity contribution in [2.75, 3.05) is 18.9 Å². The van der Waals surface area contributed by atoms with Crippen LogP contribution in [0.4, 0.5) is 0 Å². The zero-order valence-electron chi connectivity index (χ0n) is 11.7. The maximum Gasteiger partial charge on any atom is 1.00 e. The molecule has 0 bridgehead atoms. The third-order valence-corrected chi connectivity index (χ3v) is 4.26. The summed E-state index contributed by atoms with van der Waals surface area (Å²) < 4.78 is 35.6. The van der Waals surface area contributed by atoms with Crippen molar-refractivity contribution in [2.45, 2.75) is 12.5 Å². The molecule has 0 aliphatic carbocycles. The second kappa shape index (κ2) is 7.14. The number of carbonyl (C=O) groups is 2. The van der Waals surface area contributed by atoms with Gasteiger partial charge in [-0.1, -0.05) is 0 Å². The van der Waals surface area contributed by atoms with E-state index in [4.69, 9.17) is 9.29 Å². The van der Waals surface area contributed by atoms with Gasteiger partial charge < -0.3 is 11.5 Å². The Labute approximate surface area is 143 Å². The van der Waals surface area contributed by atoms with Gasteiger partial charge in [-0.15, -0.1) is 11.8 Å². The van der Waals surface area contributed by atoms with Crippen LogP contribution in [-0.4, -0.2) is 54.0 Å². The Morgan fingerprint density at radius 3 is 2.85 bits per heavy atom. The van der Waals surface area contributed by atoms with Gasteiger partial charge in [-0.2, -0.15) is 8.42 Å². The summed E-state index contributed by atoms with van der Waals surface area (Å²) in [6.07, 6.45) is 0.00263. The molecule has 2 rings (SSSR count). The van der Waals surface area contributed by atoms with Gasteiger partial charge >= 0.3 is 39.9 Å². The van der Waals surface area contributed by atoms with Crippen LogP contribution in [0.3, 0.4) is 0 Å². The van der Waals surface area contributed by atoms with Crippen LogP contribution in [-0.2, 0) is 24.6 Å². The molecule has 2 aliphatic rings. The van der Waals surface area contributed by atoms with E-state index >= 15 is 0 Å². The fourth-order valence-corrected chi connectivity index (χ4v) is 2.94. The molecule has 8 nitrogen and oxygen atoms in total. The van der Waals surface area contributed by atoms with Crippen LogP contribution in [0, 0.1) is 0 Å². The number of ether oxygens (including phenoxy) is 1. The van der Waals surface area contributed by atoms with Crippen molar-refractivity contribution in [3.05, 3.63) is 11.2 Å². The molecule has 20 heavy (non-hydrogen) atoms. The van der Waals surface area contributed by atoms with E-state index in [0.717, 1.165) is 5.75 Å². The standard InChI is InChI=1S/C9H12N2O6S2.Na.H/c12-8(3-6-5-18-2-1-17-6)10-7-4-11(9(7)13)19(14,15)16;;/h5,7H,1-4H2,(H,10,12)(H,14,15,16);;/q;+1;-1. The topological polar surface area (TPSA) is 113 Å². The first kappa shape index (κ1) is 17.8. The average molecular weight is 332 g/mol. The minimum Gasteiger partial charge on any atom is -1.00 e. The van der Waals surface area contributed by atoms with Crippen molar-refractivity contribution in [2.24, 2.45) is 0 Å². The first-order valence-electron chi connectivity index (χ1n) is 5.40. The Morgan fingerprint density at radius 1 is 1.65 bits per heavy atom. The molecule has 0 aromatic carbocycles. The molecule has 0 aromatic rings. The van der Waals surface area contributed by atoms with Gasteiger partial charge in [0.05, 0.1) is 19.6 Å². The zero-order chi connectivity index (χ0) is 14.0. The maximum absolute atomic E-state index is 11.6. The Morgan fingerprint density at radius 2 is 2.35 bits per heavy atom. The summed E-state index contributed by atoms with van der Waals surface area (Å²) in [6, 6.07) is -0.911. The molecule has 108 valence electrons. The Bertz CT molecular complexity index is 540. The normalized spacial score (nSPS) is 22.1. The van der Waals surface area contributed by atoms with E-state index in [2.05, 4.69) is 5.32 Å². The van der Waals surface area contributed by atoms with Crippen molar-refractivity contribution in [1.82, 2.24) is 9.62 Å². The summed E-state index contributed by atoms with van der Waals surface area (Å²) in [5, 5.41) is 4.11. The Kier molecular flexibility index (Phi) is 6.35. The zero-order valence-corrected chi connectivity index (χ0v) is 14.4. The molecule has 2 heterocycles. The third kappa shape index (κ3) is 4.37. The first-order valence-corrected chi connectivity index (χ1v) is 7.84. The first-order chi connectivity index (χ1) is 8.88. The van der Waals surface area contributed by atoms with Gasteiger partial charge in [-0.25, -0.2) is 4.31 Å². The number of nitrogens with zero attached hydrogens (tertiary/aromatic N) is 1. The fourth-order valence-electron chi connectivity index (χ4n) is 1.61. The molecule has 2 aliphatic heterocycles. The van der Waals surface area contributed by atoms with Gasteiger partial charge in [0.15, 0.2) is 0 Å². The van der Waals surface area contributed by atoms with Crippen LogP contribution in [0.15, 0.2) is 11.2 Å². The Balaban J connectivity index is 0.00000200. The van der Waals surface area contributed by atoms with E-state index in [0.29, 0.717) is 16.7 Å². The summed E-state index contributed by atoms with van der Waals surface area (Å²) >= 11 is 1.53. The predicted octanol–water partition coefficient (Wildman–Crippen LogP) is -3.77. The predicted molar refractivity (Wildman–Crippen MR) is 67.4 cm³/mol. The SMILES string of the molecule is O=C(CC1=CSCCO1)NC1CN(S(=O)(=O)O)C1=O.[H-].[Na+]. The summed E-state index contributed by atoms with van der Waals surface area (Å²) in [7, 11) is -4.52. The minimum absolute atomic E-state index is 0. The van der Waals surface area contributed by atoms with E-state index in [-0.39, 0.29) is 43.9 Å². The van der Waals surface area contributed by atoms with Crippen LogP contribution in [0.5, 0.6) is 0 Å². The van der Waals surface area contributed by atoms with E-state index in [1.807, 2.05) is 0 Å². The molecule has 0 saturated carbocycles. The number of rotatable bonds is 4. The number of hydrogen-bond acceptors (Lipinski definition) is 6. The van der Waals surface area contributed by atoms with E-state index in [1.54, 1.807) is 5.41 Å². The molecule has 2 N–H and O–H groups in total. The number of carbonyl (C=O) groups excluding carboxylic acids is 2. The summed E-state index contributed by atoms with van der Waals surface area (Å²) in [4.78, 5) is 23.0. The second-order valence-corrected chi connectivity index (χ2v) is 6.26. The van der Waals surface area contributed by atoms with Gasteiger partial charge in [0, 0.05) is 11.2 Å². The van der Waals surface area contributed by atoms with Gasteiger partial charge in [0.25, 0.3) is 5.91 Å². The number of nitrogens with one attached hydrogen (secondary N) is 1. The van der Waals surface area contributed by atoms with Crippen molar-refractivity contribution in [3.63, 3.8) is 0 Å². The average Bonchev–Trinajstić information content (AvgIpc) is 2.33. The van der Waals surface area contributed by atoms with Crippen molar-refractivity contribution in [1.29, 1.82) is 0 Å². The van der Waals surface area contributed by atoms with Crippen molar-refractivity contribution >= 4 is 33.9 Å². The third-order valence-electron chi connectivity index (χ3n) is 2.54. The molecule has 1 fully saturated rings. The van der Waals surface area contributed by atoms with Gasteiger partial charge in [0.2, 0.25) is 5.91 Å². The minimum atomic E-state index is -4.52. The van der Waals surface area contributed by atoms with Crippen molar-refractivity contribution < 1.29 is 58.3 Å². The largest absolute Gasteiger partial charge is 1.00 e. The summed E-state index contributed by atoms with van der Waals surface area (Å²) in [5.74, 6) is 0.0771. The second-order valence-electron chi connectivity index (χ2n) is 3.95. The smallest absolute Gasteiger partial charge is 1.00 e. The monoisotopic (exact) mass is 332 g/mol. The molecule has 11 heteroatoms. The molecule has 0 aromatic heterocycles. The molecule has 0 spiro atoms. The number of β-lactam (4-membered cyclic amide) rings is 1. The van der Waals surface area contributed by atoms with Crippen molar-refractivity contribution in [3.8, 4) is 0 Å². The molecule has 0 radical (unpaired) electrons. The van der Waals surface area contributed by atoms with Gasteiger partial charge in [0.1, 0.15) is 11.8 Å². The van der Waals surface area contributed by atoms with Crippen LogP contribution < -0.4 is 34.9 Å². The summed E-state index contributed by atoms with van der Waals surface area (Å²) in [6.45, 7) is 0.279. The number of thioether (sulfide) groups is 1. The fraction of sp³-hybridized carbons (Fsp3) is 0.556. The number of hydrogen-bond donors (Lipinski definition) is 2. The molecule has 1 unspecified atom stereocenters. The van der Waals surface area contributed by atoms with Gasteiger partial charge in [-0.3, -0.25) is 14.1 Å². The quantitative estimate of drug-likeness (QED) is 0.309. The van der Waals surface area contributed by atoms with Crippen LogP contribution >= 0.6 is 11.8 Å². The maximum atomic E-state index is 11.6. The van der Waals surface area contributed by atoms with Crippen LogP contribution in [0.25, 0.3) is 0 Å². The number of amides is 2. The molecule has 2 amide bonds. The molecular weight excluding hydrogens is 319 g/mol. The summed E-state index contributed by atoms with van der Waals surface area (Å²) in [5.41, 5.74) is 0. The Hall–Kier alpha value is -0.260. The van der Waals surface area contributed by atoms with E-state index in [9.17, 15) is 18.0 Å². The van der Waals surface area contributed by atoms with Gasteiger partial charge in [-0.05, 0) is 0 Å². The molecule has 1 saturated heterocycles.